The Morgan fingerprint density at radius 3 is 2.50 bits per heavy atom. The number of amides is 1. The highest BCUT2D eigenvalue weighted by molar-refractivity contribution is 5.95. The lowest BCUT2D eigenvalue weighted by Gasteiger charge is -2.26. The SMILES string of the molecule is CCC(=O)c1ccc(OCC(=O)NCCCN2CCCCC2)cc1. The number of ketones is 1. The first-order valence-electron chi connectivity index (χ1n) is 8.94. The molecule has 0 aliphatic carbocycles. The van der Waals surface area contributed by atoms with E-state index in [1.807, 2.05) is 6.92 Å². The smallest absolute Gasteiger partial charge is 0.257 e. The molecule has 0 bridgehead atoms. The van der Waals surface area contributed by atoms with Crippen LogP contribution in [0, 0.1) is 0 Å². The Hall–Kier alpha value is -1.88. The average molecular weight is 332 g/mol. The van der Waals surface area contributed by atoms with Gasteiger partial charge in [0.1, 0.15) is 5.75 Å². The van der Waals surface area contributed by atoms with Crippen LogP contribution in [0.5, 0.6) is 5.75 Å². The number of carbonyl (C=O) groups is 2. The maximum atomic E-state index is 11.8. The first-order valence-corrected chi connectivity index (χ1v) is 8.94. The first-order chi connectivity index (χ1) is 11.7. The number of likely N-dealkylation sites (tertiary alicyclic amines) is 1. The number of piperidine rings is 1. The molecular weight excluding hydrogens is 304 g/mol. The Morgan fingerprint density at radius 2 is 1.83 bits per heavy atom. The van der Waals surface area contributed by atoms with Crippen LogP contribution in [0.15, 0.2) is 24.3 Å². The second kappa shape index (κ2) is 10.1. The summed E-state index contributed by atoms with van der Waals surface area (Å²) in [6.45, 7) is 5.95. The summed E-state index contributed by atoms with van der Waals surface area (Å²) in [6, 6.07) is 6.93. The van der Waals surface area contributed by atoms with Crippen molar-refractivity contribution in [2.45, 2.75) is 39.0 Å². The fourth-order valence-electron chi connectivity index (χ4n) is 2.85. The maximum absolute atomic E-state index is 11.8. The summed E-state index contributed by atoms with van der Waals surface area (Å²) in [5.41, 5.74) is 0.673. The molecule has 0 saturated carbocycles. The van der Waals surface area contributed by atoms with E-state index in [0.29, 0.717) is 24.3 Å². The Morgan fingerprint density at radius 1 is 1.12 bits per heavy atom. The number of nitrogens with one attached hydrogen (secondary N) is 1. The van der Waals surface area contributed by atoms with E-state index in [1.54, 1.807) is 24.3 Å². The number of carbonyl (C=O) groups excluding carboxylic acids is 2. The lowest BCUT2D eigenvalue weighted by Crippen LogP contribution is -2.34. The Kier molecular flexibility index (Phi) is 7.75. The van der Waals surface area contributed by atoms with Crippen LogP contribution < -0.4 is 10.1 Å². The third-order valence-corrected chi connectivity index (χ3v) is 4.29. The van der Waals surface area contributed by atoms with Crippen LogP contribution >= 0.6 is 0 Å². The van der Waals surface area contributed by atoms with Crippen LogP contribution in [0.2, 0.25) is 0 Å². The predicted octanol–water partition coefficient (Wildman–Crippen LogP) is 2.65. The summed E-state index contributed by atoms with van der Waals surface area (Å²) in [5, 5.41) is 2.89. The molecule has 1 aliphatic rings. The highest BCUT2D eigenvalue weighted by Gasteiger charge is 2.09. The minimum atomic E-state index is -0.109. The number of Topliss-reactive ketones (excluding diaryl/α,β-unsaturated/α-hetero) is 1. The van der Waals surface area contributed by atoms with Gasteiger partial charge in [-0.15, -0.1) is 0 Å². The van der Waals surface area contributed by atoms with Crippen LogP contribution in [0.1, 0.15) is 49.4 Å². The molecule has 1 amide bonds. The fraction of sp³-hybridized carbons (Fsp3) is 0.579. The molecule has 24 heavy (non-hydrogen) atoms. The van der Waals surface area contributed by atoms with Crippen LogP contribution in [0.4, 0.5) is 0 Å². The van der Waals surface area contributed by atoms with Crippen molar-refractivity contribution in [2.24, 2.45) is 0 Å². The Labute approximate surface area is 144 Å². The second-order valence-corrected chi connectivity index (χ2v) is 6.20. The van der Waals surface area contributed by atoms with Gasteiger partial charge in [0.2, 0.25) is 0 Å². The summed E-state index contributed by atoms with van der Waals surface area (Å²) in [7, 11) is 0. The number of rotatable bonds is 9. The standard InChI is InChI=1S/C19H28N2O3/c1-2-18(22)16-7-9-17(10-8-16)24-15-19(23)20-11-6-14-21-12-4-3-5-13-21/h7-10H,2-6,11-15H2,1H3,(H,20,23). The van der Waals surface area contributed by atoms with E-state index in [1.165, 1.54) is 32.4 Å². The monoisotopic (exact) mass is 332 g/mol. The quantitative estimate of drug-likeness (QED) is 0.558. The molecule has 0 atom stereocenters. The van der Waals surface area contributed by atoms with Gasteiger partial charge in [-0.3, -0.25) is 9.59 Å². The maximum Gasteiger partial charge on any atom is 0.257 e. The van der Waals surface area contributed by atoms with Gasteiger partial charge in [-0.25, -0.2) is 0 Å². The van der Waals surface area contributed by atoms with Crippen LogP contribution in [-0.4, -0.2) is 49.4 Å². The molecule has 5 heteroatoms. The van der Waals surface area contributed by atoms with E-state index in [2.05, 4.69) is 10.2 Å². The summed E-state index contributed by atoms with van der Waals surface area (Å²) >= 11 is 0. The van der Waals surface area contributed by atoms with Crippen LogP contribution in [0.25, 0.3) is 0 Å². The van der Waals surface area contributed by atoms with Crippen molar-refractivity contribution in [2.75, 3.05) is 32.8 Å². The number of benzene rings is 1. The van der Waals surface area contributed by atoms with Gasteiger partial charge in [-0.05, 0) is 63.2 Å². The molecule has 1 aromatic rings. The van der Waals surface area contributed by atoms with Crippen molar-refractivity contribution in [1.29, 1.82) is 0 Å². The van der Waals surface area contributed by atoms with Crippen molar-refractivity contribution in [1.82, 2.24) is 10.2 Å². The third-order valence-electron chi connectivity index (χ3n) is 4.29. The highest BCUT2D eigenvalue weighted by atomic mass is 16.5. The van der Waals surface area contributed by atoms with E-state index in [0.717, 1.165) is 13.0 Å². The minimum Gasteiger partial charge on any atom is -0.484 e. The topological polar surface area (TPSA) is 58.6 Å². The summed E-state index contributed by atoms with van der Waals surface area (Å²) < 4.78 is 5.45. The highest BCUT2D eigenvalue weighted by Crippen LogP contribution is 2.13. The molecule has 1 N–H and O–H groups in total. The van der Waals surface area contributed by atoms with Crippen molar-refractivity contribution < 1.29 is 14.3 Å². The lowest BCUT2D eigenvalue weighted by molar-refractivity contribution is -0.123. The summed E-state index contributed by atoms with van der Waals surface area (Å²) in [4.78, 5) is 25.8. The summed E-state index contributed by atoms with van der Waals surface area (Å²) in [5.74, 6) is 0.599. The normalized spacial score (nSPS) is 15.0. The van der Waals surface area contributed by atoms with E-state index in [9.17, 15) is 9.59 Å². The molecule has 0 radical (unpaired) electrons. The summed E-state index contributed by atoms with van der Waals surface area (Å²) in [6.07, 6.45) is 5.39. The van der Waals surface area contributed by atoms with Gasteiger partial charge in [-0.2, -0.15) is 0 Å². The van der Waals surface area contributed by atoms with Gasteiger partial charge in [-0.1, -0.05) is 13.3 Å². The zero-order valence-electron chi connectivity index (χ0n) is 14.6. The molecule has 1 fully saturated rings. The lowest BCUT2D eigenvalue weighted by atomic mass is 10.1. The molecule has 0 unspecified atom stereocenters. The second-order valence-electron chi connectivity index (χ2n) is 6.20. The molecule has 5 nitrogen and oxygen atoms in total. The molecule has 1 heterocycles. The van der Waals surface area contributed by atoms with Crippen LogP contribution in [-0.2, 0) is 4.79 Å². The van der Waals surface area contributed by atoms with Gasteiger partial charge in [0.25, 0.3) is 5.91 Å². The number of hydrogen-bond donors (Lipinski definition) is 1. The predicted molar refractivity (Wildman–Crippen MR) is 94.5 cm³/mol. The van der Waals surface area contributed by atoms with Gasteiger partial charge in [0, 0.05) is 18.5 Å². The largest absolute Gasteiger partial charge is 0.484 e. The Balaban J connectivity index is 1.59. The van der Waals surface area contributed by atoms with Gasteiger partial charge in [0.05, 0.1) is 0 Å². The molecule has 1 aliphatic heterocycles. The van der Waals surface area contributed by atoms with E-state index in [4.69, 9.17) is 4.74 Å². The van der Waals surface area contributed by atoms with E-state index in [-0.39, 0.29) is 18.3 Å². The third kappa shape index (κ3) is 6.32. The average Bonchev–Trinajstić information content (AvgIpc) is 2.64. The molecule has 0 aromatic heterocycles. The van der Waals surface area contributed by atoms with Crippen molar-refractivity contribution in [3.63, 3.8) is 0 Å². The van der Waals surface area contributed by atoms with Gasteiger partial charge >= 0.3 is 0 Å². The Bertz CT molecular complexity index is 522. The molecule has 1 aromatic carbocycles. The molecule has 132 valence electrons. The number of hydrogen-bond acceptors (Lipinski definition) is 4. The zero-order valence-corrected chi connectivity index (χ0v) is 14.6. The van der Waals surface area contributed by atoms with E-state index < -0.39 is 0 Å². The van der Waals surface area contributed by atoms with Crippen molar-refractivity contribution in [3.8, 4) is 5.75 Å². The van der Waals surface area contributed by atoms with Crippen LogP contribution in [0.3, 0.4) is 0 Å². The molecule has 0 spiro atoms. The van der Waals surface area contributed by atoms with Gasteiger partial charge < -0.3 is 15.0 Å². The number of ether oxygens (including phenoxy) is 1. The molecular formula is C19H28N2O3. The number of nitrogens with zero attached hydrogens (tertiary/aromatic N) is 1. The fourth-order valence-corrected chi connectivity index (χ4v) is 2.85. The first kappa shape index (κ1) is 18.5. The molecule has 1 saturated heterocycles. The van der Waals surface area contributed by atoms with Crippen molar-refractivity contribution in [3.05, 3.63) is 29.8 Å². The van der Waals surface area contributed by atoms with Crippen molar-refractivity contribution >= 4 is 11.7 Å². The molecule has 2 rings (SSSR count). The zero-order chi connectivity index (χ0) is 17.2. The van der Waals surface area contributed by atoms with E-state index >= 15 is 0 Å². The minimum absolute atomic E-state index is 0.00475. The van der Waals surface area contributed by atoms with Gasteiger partial charge in [0.15, 0.2) is 12.4 Å².